The lowest BCUT2D eigenvalue weighted by atomic mass is 10.3. The van der Waals surface area contributed by atoms with Crippen LogP contribution in [0.1, 0.15) is 11.8 Å². The minimum Gasteiger partial charge on any atom is -0.467 e. The number of esters is 1. The molecule has 0 aliphatic carbocycles. The van der Waals surface area contributed by atoms with Crippen molar-refractivity contribution < 1.29 is 14.3 Å². The van der Waals surface area contributed by atoms with Gasteiger partial charge in [0, 0.05) is 34.7 Å². The van der Waals surface area contributed by atoms with Crippen molar-refractivity contribution in [2.75, 3.05) is 13.7 Å². The molecule has 1 atom stereocenters. The molecule has 0 fully saturated rings. The molecule has 18 heavy (non-hydrogen) atoms. The highest BCUT2D eigenvalue weighted by Crippen LogP contribution is 2.19. The van der Waals surface area contributed by atoms with Crippen LogP contribution >= 0.6 is 27.3 Å². The van der Waals surface area contributed by atoms with E-state index < -0.39 is 12.0 Å². The summed E-state index contributed by atoms with van der Waals surface area (Å²) in [5, 5.41) is 7.64. The van der Waals surface area contributed by atoms with Crippen LogP contribution < -0.4 is 10.6 Å². The molecule has 2 N–H and O–H groups in total. The smallest absolute Gasteiger partial charge is 0.329 e. The molecule has 0 saturated heterocycles. The van der Waals surface area contributed by atoms with Crippen LogP contribution in [0.3, 0.4) is 0 Å². The monoisotopic (exact) mass is 334 g/mol. The Morgan fingerprint density at radius 3 is 2.78 bits per heavy atom. The van der Waals surface area contributed by atoms with Crippen LogP contribution in [0.2, 0.25) is 0 Å². The number of hydrogen-bond acceptors (Lipinski definition) is 5. The van der Waals surface area contributed by atoms with Gasteiger partial charge in [0.05, 0.1) is 7.11 Å². The molecule has 0 saturated carbocycles. The minimum atomic E-state index is -0.657. The third-order valence-electron chi connectivity index (χ3n) is 2.13. The van der Waals surface area contributed by atoms with E-state index in [2.05, 4.69) is 31.3 Å². The normalized spacial score (nSPS) is 11.9. The summed E-state index contributed by atoms with van der Waals surface area (Å²) in [6.45, 7) is 2.34. The maximum absolute atomic E-state index is 11.4. The molecule has 0 radical (unpaired) electrons. The van der Waals surface area contributed by atoms with Crippen LogP contribution in [0.25, 0.3) is 0 Å². The largest absolute Gasteiger partial charge is 0.467 e. The summed E-state index contributed by atoms with van der Waals surface area (Å²) in [6, 6.07) is 1.35. The second kappa shape index (κ2) is 7.50. The molecule has 1 aromatic heterocycles. The van der Waals surface area contributed by atoms with E-state index in [1.54, 1.807) is 11.3 Å². The van der Waals surface area contributed by atoms with Crippen molar-refractivity contribution in [1.29, 1.82) is 0 Å². The lowest BCUT2D eigenvalue weighted by Crippen LogP contribution is -2.46. The molecule has 1 heterocycles. The van der Waals surface area contributed by atoms with Crippen LogP contribution in [0.15, 0.2) is 15.9 Å². The average molecular weight is 335 g/mol. The first-order valence-corrected chi connectivity index (χ1v) is 6.98. The number of methoxy groups -OCH3 is 1. The Morgan fingerprint density at radius 1 is 1.56 bits per heavy atom. The fraction of sp³-hybridized carbons (Fsp3) is 0.455. The molecule has 1 unspecified atom stereocenters. The summed E-state index contributed by atoms with van der Waals surface area (Å²) in [4.78, 5) is 23.5. The molecule has 0 bridgehead atoms. The molecular weight excluding hydrogens is 320 g/mol. The SMILES string of the molecule is COC(=O)C(CNCc1cc(Br)cs1)NC(C)=O. The molecule has 1 rings (SSSR count). The van der Waals surface area contributed by atoms with Crippen LogP contribution in [0.5, 0.6) is 0 Å². The maximum Gasteiger partial charge on any atom is 0.329 e. The van der Waals surface area contributed by atoms with Crippen molar-refractivity contribution in [2.45, 2.75) is 19.5 Å². The van der Waals surface area contributed by atoms with Crippen molar-refractivity contribution in [3.8, 4) is 0 Å². The summed E-state index contributed by atoms with van der Waals surface area (Å²) in [7, 11) is 1.30. The summed E-state index contributed by atoms with van der Waals surface area (Å²) in [5.74, 6) is -0.712. The number of nitrogens with one attached hydrogen (secondary N) is 2. The Hall–Kier alpha value is -0.920. The summed E-state index contributed by atoms with van der Waals surface area (Å²) >= 11 is 4.99. The van der Waals surface area contributed by atoms with E-state index >= 15 is 0 Å². The Labute approximate surface area is 118 Å². The van der Waals surface area contributed by atoms with Gasteiger partial charge < -0.3 is 15.4 Å². The molecule has 5 nitrogen and oxygen atoms in total. The fourth-order valence-electron chi connectivity index (χ4n) is 1.37. The molecule has 100 valence electrons. The predicted molar refractivity (Wildman–Crippen MR) is 73.3 cm³/mol. The van der Waals surface area contributed by atoms with E-state index in [1.807, 2.05) is 11.4 Å². The number of rotatable bonds is 6. The zero-order valence-electron chi connectivity index (χ0n) is 10.2. The molecular formula is C11H15BrN2O3S. The third-order valence-corrected chi connectivity index (χ3v) is 3.83. The number of hydrogen-bond donors (Lipinski definition) is 2. The fourth-order valence-corrected chi connectivity index (χ4v) is 2.79. The zero-order chi connectivity index (χ0) is 13.5. The average Bonchev–Trinajstić information content (AvgIpc) is 2.72. The van der Waals surface area contributed by atoms with E-state index in [9.17, 15) is 9.59 Å². The van der Waals surface area contributed by atoms with Gasteiger partial charge in [0.1, 0.15) is 6.04 Å². The molecule has 1 amide bonds. The topological polar surface area (TPSA) is 67.4 Å². The third kappa shape index (κ3) is 5.16. The van der Waals surface area contributed by atoms with Crippen LogP contribution in [0.4, 0.5) is 0 Å². The van der Waals surface area contributed by atoms with Crippen LogP contribution in [-0.4, -0.2) is 31.6 Å². The van der Waals surface area contributed by atoms with Gasteiger partial charge in [-0.25, -0.2) is 4.79 Å². The standard InChI is InChI=1S/C11H15BrN2O3S/c1-7(15)14-10(11(16)17-2)5-13-4-9-3-8(12)6-18-9/h3,6,10,13H,4-5H2,1-2H3,(H,14,15). The molecule has 0 spiro atoms. The van der Waals surface area contributed by atoms with Crippen molar-refractivity contribution in [3.05, 3.63) is 20.8 Å². The first-order valence-electron chi connectivity index (χ1n) is 5.31. The van der Waals surface area contributed by atoms with Gasteiger partial charge in [-0.3, -0.25) is 4.79 Å². The highest BCUT2D eigenvalue weighted by Gasteiger charge is 2.19. The lowest BCUT2D eigenvalue weighted by molar-refractivity contribution is -0.144. The van der Waals surface area contributed by atoms with E-state index in [0.717, 1.165) is 9.35 Å². The van der Waals surface area contributed by atoms with E-state index in [0.29, 0.717) is 13.1 Å². The molecule has 0 aliphatic heterocycles. The van der Waals surface area contributed by atoms with E-state index in [-0.39, 0.29) is 5.91 Å². The number of thiophene rings is 1. The quantitative estimate of drug-likeness (QED) is 0.769. The number of amides is 1. The molecule has 0 aliphatic rings. The van der Waals surface area contributed by atoms with Gasteiger partial charge >= 0.3 is 5.97 Å². The highest BCUT2D eigenvalue weighted by atomic mass is 79.9. The Bertz CT molecular complexity index is 422. The van der Waals surface area contributed by atoms with Gasteiger partial charge in [-0.2, -0.15) is 0 Å². The van der Waals surface area contributed by atoms with Crippen molar-refractivity contribution >= 4 is 39.1 Å². The number of carbonyl (C=O) groups excluding carboxylic acids is 2. The Balaban J connectivity index is 2.41. The van der Waals surface area contributed by atoms with Gasteiger partial charge in [-0.05, 0) is 22.0 Å². The Kier molecular flexibility index (Phi) is 6.31. The van der Waals surface area contributed by atoms with Crippen LogP contribution in [-0.2, 0) is 20.9 Å². The van der Waals surface area contributed by atoms with Gasteiger partial charge in [-0.15, -0.1) is 11.3 Å². The lowest BCUT2D eigenvalue weighted by Gasteiger charge is -2.15. The van der Waals surface area contributed by atoms with Gasteiger partial charge in [0.25, 0.3) is 0 Å². The zero-order valence-corrected chi connectivity index (χ0v) is 12.6. The second-order valence-corrected chi connectivity index (χ2v) is 5.55. The Morgan fingerprint density at radius 2 is 2.28 bits per heavy atom. The molecule has 1 aromatic rings. The van der Waals surface area contributed by atoms with Gasteiger partial charge in [-0.1, -0.05) is 0 Å². The van der Waals surface area contributed by atoms with Crippen molar-refractivity contribution in [2.24, 2.45) is 0 Å². The second-order valence-electron chi connectivity index (χ2n) is 3.64. The van der Waals surface area contributed by atoms with E-state index in [1.165, 1.54) is 14.0 Å². The molecule has 0 aromatic carbocycles. The van der Waals surface area contributed by atoms with Gasteiger partial charge in [0.15, 0.2) is 0 Å². The van der Waals surface area contributed by atoms with Gasteiger partial charge in [0.2, 0.25) is 5.91 Å². The number of carbonyl (C=O) groups is 2. The summed E-state index contributed by atoms with van der Waals surface area (Å²) < 4.78 is 5.66. The predicted octanol–water partition coefficient (Wildman–Crippen LogP) is 1.28. The van der Waals surface area contributed by atoms with E-state index in [4.69, 9.17) is 0 Å². The summed E-state index contributed by atoms with van der Waals surface area (Å²) in [6.07, 6.45) is 0. The van der Waals surface area contributed by atoms with Crippen molar-refractivity contribution in [3.63, 3.8) is 0 Å². The first-order chi connectivity index (χ1) is 8.52. The van der Waals surface area contributed by atoms with Crippen molar-refractivity contribution in [1.82, 2.24) is 10.6 Å². The minimum absolute atomic E-state index is 0.258. The first kappa shape index (κ1) is 15.1. The number of halogens is 1. The highest BCUT2D eigenvalue weighted by molar-refractivity contribution is 9.10. The van der Waals surface area contributed by atoms with Crippen LogP contribution in [0, 0.1) is 0 Å². The summed E-state index contributed by atoms with van der Waals surface area (Å²) in [5.41, 5.74) is 0. The maximum atomic E-state index is 11.4. The molecule has 7 heteroatoms. The number of ether oxygens (including phenoxy) is 1.